The number of aliphatic carboxylic acids is 1. The zero-order valence-electron chi connectivity index (χ0n) is 34.3. The number of imide groups is 1. The topological polar surface area (TPSA) is 216 Å². The van der Waals surface area contributed by atoms with Crippen molar-refractivity contribution in [3.05, 3.63) is 12.2 Å². The number of likely N-dealkylation sites (N-methyl/N-ethyl adjacent to an activating group) is 3. The fraction of sp³-hybridized carbons (Fsp3) is 0.737. The lowest BCUT2D eigenvalue weighted by Crippen LogP contribution is -2.54. The minimum atomic E-state index is -1.17. The largest absolute Gasteiger partial charge is 0.480 e. The summed E-state index contributed by atoms with van der Waals surface area (Å²) in [5.41, 5.74) is 0. The third-order valence-corrected chi connectivity index (χ3v) is 10.8. The number of methoxy groups -OCH3 is 2. The molecule has 0 aromatic heterocycles. The predicted octanol–water partition coefficient (Wildman–Crippen LogP) is 0.693. The third-order valence-electron chi connectivity index (χ3n) is 10.8. The number of nitrogens with one attached hydrogen (secondary N) is 2. The first-order valence-corrected chi connectivity index (χ1v) is 19.3. The van der Waals surface area contributed by atoms with E-state index in [1.165, 1.54) is 46.0 Å². The van der Waals surface area contributed by atoms with Crippen molar-refractivity contribution in [2.24, 2.45) is 11.8 Å². The molecule has 1 fully saturated rings. The van der Waals surface area contributed by atoms with E-state index in [0.29, 0.717) is 58.0 Å². The van der Waals surface area contributed by atoms with Crippen LogP contribution in [0.2, 0.25) is 0 Å². The molecule has 2 heterocycles. The quantitative estimate of drug-likeness (QED) is 0.0914. The Morgan fingerprint density at radius 1 is 0.893 bits per heavy atom. The van der Waals surface area contributed by atoms with Gasteiger partial charge in [-0.15, -0.1) is 0 Å². The number of unbranched alkanes of at least 4 members (excludes halogenated alkanes) is 2. The molecule has 0 spiro atoms. The molecule has 0 aromatic rings. The fourth-order valence-corrected chi connectivity index (χ4v) is 7.15. The van der Waals surface area contributed by atoms with Crippen LogP contribution in [0.5, 0.6) is 0 Å². The summed E-state index contributed by atoms with van der Waals surface area (Å²) in [4.78, 5) is 107. The van der Waals surface area contributed by atoms with Gasteiger partial charge in [0.15, 0.2) is 0 Å². The summed E-state index contributed by atoms with van der Waals surface area (Å²) in [6, 6.07) is -1.43. The zero-order valence-corrected chi connectivity index (χ0v) is 34.3. The molecule has 2 rings (SSSR count). The Hall–Kier alpha value is -4.58. The molecule has 0 bridgehead atoms. The molecule has 3 N–H and O–H groups in total. The molecule has 0 radical (unpaired) electrons. The molecule has 1 saturated heterocycles. The molecular formula is C38H63N7O11. The van der Waals surface area contributed by atoms with Crippen molar-refractivity contribution < 1.29 is 52.9 Å². The van der Waals surface area contributed by atoms with Crippen molar-refractivity contribution in [2.75, 3.05) is 74.6 Å². The number of carbonyl (C=O) groups is 8. The van der Waals surface area contributed by atoms with Gasteiger partial charge in [0, 0.05) is 80.1 Å². The second-order valence-electron chi connectivity index (χ2n) is 14.6. The van der Waals surface area contributed by atoms with Gasteiger partial charge in [0.1, 0.15) is 6.54 Å². The van der Waals surface area contributed by atoms with Gasteiger partial charge in [0.25, 0.3) is 11.8 Å². The number of nitrogens with zero attached hydrogens (tertiary/aromatic N) is 5. The molecule has 18 nitrogen and oxygen atoms in total. The normalized spacial score (nSPS) is 17.9. The van der Waals surface area contributed by atoms with Crippen LogP contribution in [0.4, 0.5) is 4.79 Å². The van der Waals surface area contributed by atoms with E-state index in [4.69, 9.17) is 14.6 Å². The molecule has 2 aliphatic rings. The average molecular weight is 794 g/mol. The molecule has 0 saturated carbocycles. The molecule has 18 heteroatoms. The molecular weight excluding hydrogens is 730 g/mol. The minimum Gasteiger partial charge on any atom is -0.480 e. The zero-order chi connectivity index (χ0) is 42.1. The summed E-state index contributed by atoms with van der Waals surface area (Å²) in [6.45, 7) is 6.00. The second kappa shape index (κ2) is 23.5. The Balaban J connectivity index is 1.90. The highest BCUT2D eigenvalue weighted by atomic mass is 16.5. The summed E-state index contributed by atoms with van der Waals surface area (Å²) in [5.74, 6) is -3.80. The molecule has 6 atom stereocenters. The predicted molar refractivity (Wildman–Crippen MR) is 205 cm³/mol. The Labute approximate surface area is 330 Å². The number of hydrogen-bond acceptors (Lipinski definition) is 10. The number of carbonyl (C=O) groups excluding carboxylic acids is 7. The van der Waals surface area contributed by atoms with E-state index in [1.807, 2.05) is 13.8 Å². The maximum Gasteiger partial charge on any atom is 0.322 e. The number of amides is 8. The van der Waals surface area contributed by atoms with E-state index >= 15 is 0 Å². The van der Waals surface area contributed by atoms with Crippen LogP contribution in [0.25, 0.3) is 0 Å². The highest BCUT2D eigenvalue weighted by Crippen LogP contribution is 2.29. The van der Waals surface area contributed by atoms with Gasteiger partial charge in [-0.1, -0.05) is 33.6 Å². The number of urea groups is 1. The van der Waals surface area contributed by atoms with Crippen molar-refractivity contribution in [1.29, 1.82) is 0 Å². The highest BCUT2D eigenvalue weighted by molar-refractivity contribution is 6.12. The van der Waals surface area contributed by atoms with Gasteiger partial charge in [-0.05, 0) is 31.6 Å². The van der Waals surface area contributed by atoms with Gasteiger partial charge in [-0.3, -0.25) is 38.5 Å². The maximum atomic E-state index is 13.8. The molecule has 0 aliphatic carbocycles. The van der Waals surface area contributed by atoms with Crippen LogP contribution >= 0.6 is 0 Å². The van der Waals surface area contributed by atoms with E-state index in [9.17, 15) is 38.4 Å². The average Bonchev–Trinajstić information content (AvgIpc) is 3.79. The molecule has 56 heavy (non-hydrogen) atoms. The first kappa shape index (κ1) is 47.6. The number of carboxylic acids is 1. The minimum absolute atomic E-state index is 0.0463. The SMILES string of the molecule is CCC(C)C(C(CC(=O)N1CCCC1C(OC)C(C)C(=O)NCC(=O)O)OC)N(C)C(=O)CNC(=O)N(C)CCN(C)C(=O)CCCCCN1C(=O)C=CC1=O. The lowest BCUT2D eigenvalue weighted by atomic mass is 9.90. The number of likely N-dealkylation sites (tertiary alicyclic amines) is 1. The van der Waals surface area contributed by atoms with Crippen LogP contribution in [0.1, 0.15) is 72.1 Å². The van der Waals surface area contributed by atoms with Gasteiger partial charge in [-0.25, -0.2) is 4.79 Å². The van der Waals surface area contributed by atoms with Crippen LogP contribution in [-0.2, 0) is 43.0 Å². The first-order valence-electron chi connectivity index (χ1n) is 19.3. The number of rotatable bonds is 24. The van der Waals surface area contributed by atoms with Crippen LogP contribution in [0, 0.1) is 11.8 Å². The van der Waals surface area contributed by atoms with Crippen LogP contribution < -0.4 is 10.6 Å². The Morgan fingerprint density at radius 2 is 1.54 bits per heavy atom. The Kier molecular flexibility index (Phi) is 19.9. The van der Waals surface area contributed by atoms with Crippen molar-refractivity contribution in [2.45, 2.75) is 96.4 Å². The monoisotopic (exact) mass is 793 g/mol. The third kappa shape index (κ3) is 13.9. The van der Waals surface area contributed by atoms with Gasteiger partial charge in [-0.2, -0.15) is 0 Å². The number of hydrogen-bond donors (Lipinski definition) is 3. The molecule has 0 aromatic carbocycles. The summed E-state index contributed by atoms with van der Waals surface area (Å²) in [6.07, 6.45) is 5.22. The van der Waals surface area contributed by atoms with Gasteiger partial charge in [0.2, 0.25) is 23.6 Å². The summed E-state index contributed by atoms with van der Waals surface area (Å²) >= 11 is 0. The van der Waals surface area contributed by atoms with E-state index < -0.39 is 54.7 Å². The summed E-state index contributed by atoms with van der Waals surface area (Å²) in [5, 5.41) is 14.0. The van der Waals surface area contributed by atoms with Gasteiger partial charge in [0.05, 0.1) is 43.2 Å². The van der Waals surface area contributed by atoms with Crippen molar-refractivity contribution in [1.82, 2.24) is 35.1 Å². The summed E-state index contributed by atoms with van der Waals surface area (Å²) in [7, 11) is 7.77. The highest BCUT2D eigenvalue weighted by Gasteiger charge is 2.42. The van der Waals surface area contributed by atoms with E-state index in [-0.39, 0.29) is 61.5 Å². The number of carboxylic acid groups (broad SMARTS) is 1. The molecule has 316 valence electrons. The van der Waals surface area contributed by atoms with E-state index in [0.717, 1.165) is 0 Å². The van der Waals surface area contributed by atoms with Crippen LogP contribution in [-0.4, -0.2) is 176 Å². The smallest absolute Gasteiger partial charge is 0.322 e. The fourth-order valence-electron chi connectivity index (χ4n) is 7.15. The Morgan fingerprint density at radius 3 is 2.12 bits per heavy atom. The second-order valence-corrected chi connectivity index (χ2v) is 14.6. The standard InChI is InChI=1S/C38H63N7O11/c1-9-25(2)35(28(55-7)22-32(49)44-19-13-14-27(44)36(56-8)26(3)37(53)39-24-34(51)52)43(6)33(50)23-40-38(54)42(5)21-20-41(4)29(46)15-11-10-12-18-45-30(47)16-17-31(45)48/h16-17,25-28,35-36H,9-15,18-24H2,1-8H3,(H,39,53)(H,40,54)(H,51,52). The van der Waals surface area contributed by atoms with Crippen molar-refractivity contribution in [3.8, 4) is 0 Å². The molecule has 6 unspecified atom stereocenters. The maximum absolute atomic E-state index is 13.8. The van der Waals surface area contributed by atoms with Gasteiger partial charge < -0.3 is 44.8 Å². The van der Waals surface area contributed by atoms with E-state index in [1.54, 1.807) is 33.0 Å². The Bertz CT molecular complexity index is 1410. The van der Waals surface area contributed by atoms with Crippen LogP contribution in [0.15, 0.2) is 12.2 Å². The van der Waals surface area contributed by atoms with Crippen molar-refractivity contribution >= 4 is 47.4 Å². The molecule has 8 amide bonds. The van der Waals surface area contributed by atoms with E-state index in [2.05, 4.69) is 10.6 Å². The first-order chi connectivity index (χ1) is 26.5. The van der Waals surface area contributed by atoms with Crippen molar-refractivity contribution in [3.63, 3.8) is 0 Å². The van der Waals surface area contributed by atoms with Gasteiger partial charge >= 0.3 is 12.0 Å². The van der Waals surface area contributed by atoms with Crippen LogP contribution in [0.3, 0.4) is 0 Å². The lowest BCUT2D eigenvalue weighted by Gasteiger charge is -2.39. The number of ether oxygens (including phenoxy) is 2. The lowest BCUT2D eigenvalue weighted by molar-refractivity contribution is -0.146. The summed E-state index contributed by atoms with van der Waals surface area (Å²) < 4.78 is 11.5. The molecule has 2 aliphatic heterocycles.